The summed E-state index contributed by atoms with van der Waals surface area (Å²) in [5.74, 6) is 0.411. The molecule has 2 N–H and O–H groups in total. The van der Waals surface area contributed by atoms with E-state index in [9.17, 15) is 4.57 Å². The predicted molar refractivity (Wildman–Crippen MR) is 53.2 cm³/mol. The second-order valence-corrected chi connectivity index (χ2v) is 4.44. The van der Waals surface area contributed by atoms with Gasteiger partial charge in [0.15, 0.2) is 0 Å². The van der Waals surface area contributed by atoms with E-state index in [2.05, 4.69) is 4.52 Å². The van der Waals surface area contributed by atoms with Crippen molar-refractivity contribution in [1.29, 1.82) is 0 Å². The summed E-state index contributed by atoms with van der Waals surface area (Å²) in [6, 6.07) is 6.82. The van der Waals surface area contributed by atoms with Gasteiger partial charge in [0, 0.05) is 0 Å². The highest BCUT2D eigenvalue weighted by Gasteiger charge is 2.18. The first-order chi connectivity index (χ1) is 6.40. The average molecular weight is 216 g/mol. The average Bonchev–Trinajstić information content (AvgIpc) is 2.01. The molecule has 0 aliphatic rings. The predicted octanol–water partition coefficient (Wildman–Crippen LogP) is 2.28. The topological polar surface area (TPSA) is 66.8 Å². The largest absolute Gasteiger partial charge is 0.524 e. The Morgan fingerprint density at radius 2 is 1.86 bits per heavy atom. The Morgan fingerprint density at radius 1 is 1.29 bits per heavy atom. The van der Waals surface area contributed by atoms with Crippen LogP contribution in [0, 0.1) is 0 Å². The fourth-order valence-electron chi connectivity index (χ4n) is 1.17. The zero-order valence-electron chi connectivity index (χ0n) is 8.04. The zero-order chi connectivity index (χ0) is 10.8. The summed E-state index contributed by atoms with van der Waals surface area (Å²) in [6.45, 7) is 3.86. The van der Waals surface area contributed by atoms with Gasteiger partial charge in [-0.2, -0.15) is 0 Å². The second-order valence-electron chi connectivity index (χ2n) is 3.27. The van der Waals surface area contributed by atoms with Crippen LogP contribution in [0.1, 0.15) is 25.3 Å². The molecule has 0 saturated heterocycles. The Bertz CT molecular complexity index is 356. The van der Waals surface area contributed by atoms with Crippen molar-refractivity contribution in [3.05, 3.63) is 29.8 Å². The first-order valence-electron chi connectivity index (χ1n) is 4.24. The van der Waals surface area contributed by atoms with E-state index in [4.69, 9.17) is 9.79 Å². The number of hydrogen-bond donors (Lipinski definition) is 2. The molecule has 0 aliphatic heterocycles. The van der Waals surface area contributed by atoms with Gasteiger partial charge in [-0.25, -0.2) is 4.57 Å². The lowest BCUT2D eigenvalue weighted by Crippen LogP contribution is -1.96. The zero-order valence-corrected chi connectivity index (χ0v) is 8.94. The Balaban J connectivity index is 3.02. The van der Waals surface area contributed by atoms with E-state index >= 15 is 0 Å². The molecule has 1 rings (SSSR count). The van der Waals surface area contributed by atoms with Crippen LogP contribution in [0.3, 0.4) is 0 Å². The third kappa shape index (κ3) is 3.14. The number of phosphoric acid groups is 1. The van der Waals surface area contributed by atoms with Gasteiger partial charge in [-0.3, -0.25) is 9.79 Å². The van der Waals surface area contributed by atoms with Crippen molar-refractivity contribution >= 4 is 7.82 Å². The molecular formula is C9H13O4P. The maximum atomic E-state index is 10.6. The van der Waals surface area contributed by atoms with Gasteiger partial charge in [0.2, 0.25) is 0 Å². The van der Waals surface area contributed by atoms with Gasteiger partial charge in [-0.05, 0) is 17.5 Å². The molecule has 78 valence electrons. The van der Waals surface area contributed by atoms with E-state index in [1.165, 1.54) is 0 Å². The highest BCUT2D eigenvalue weighted by atomic mass is 31.2. The summed E-state index contributed by atoms with van der Waals surface area (Å²) >= 11 is 0. The van der Waals surface area contributed by atoms with Gasteiger partial charge in [0.1, 0.15) is 5.75 Å². The molecule has 5 heteroatoms. The first kappa shape index (κ1) is 11.2. The standard InChI is InChI=1S/C9H13O4P/c1-7(2)8-5-3-4-6-9(8)13-14(10,11)12/h3-7H,1-2H3,(H2,10,11,12). The molecule has 14 heavy (non-hydrogen) atoms. The van der Waals surface area contributed by atoms with Crippen molar-refractivity contribution in [3.63, 3.8) is 0 Å². The molecule has 0 saturated carbocycles. The van der Waals surface area contributed by atoms with Gasteiger partial charge in [0.05, 0.1) is 0 Å². The number of phosphoric ester groups is 1. The van der Waals surface area contributed by atoms with E-state index in [-0.39, 0.29) is 11.7 Å². The fourth-order valence-corrected chi connectivity index (χ4v) is 1.59. The van der Waals surface area contributed by atoms with Crippen LogP contribution in [-0.2, 0) is 4.57 Å². The van der Waals surface area contributed by atoms with Crippen LogP contribution in [-0.4, -0.2) is 9.79 Å². The second kappa shape index (κ2) is 4.13. The number of benzene rings is 1. The van der Waals surface area contributed by atoms with E-state index < -0.39 is 7.82 Å². The van der Waals surface area contributed by atoms with Crippen LogP contribution < -0.4 is 4.52 Å². The molecule has 0 bridgehead atoms. The summed E-state index contributed by atoms with van der Waals surface area (Å²) in [5, 5.41) is 0. The number of hydrogen-bond acceptors (Lipinski definition) is 2. The molecule has 0 atom stereocenters. The van der Waals surface area contributed by atoms with Gasteiger partial charge in [0.25, 0.3) is 0 Å². The monoisotopic (exact) mass is 216 g/mol. The molecule has 4 nitrogen and oxygen atoms in total. The molecular weight excluding hydrogens is 203 g/mol. The molecule has 0 radical (unpaired) electrons. The maximum absolute atomic E-state index is 10.6. The molecule has 0 heterocycles. The van der Waals surface area contributed by atoms with Crippen LogP contribution in [0.4, 0.5) is 0 Å². The molecule has 1 aromatic rings. The first-order valence-corrected chi connectivity index (χ1v) is 5.77. The normalized spacial score (nSPS) is 11.8. The summed E-state index contributed by atoms with van der Waals surface area (Å²) in [5.41, 5.74) is 0.788. The summed E-state index contributed by atoms with van der Waals surface area (Å²) in [6.07, 6.45) is 0. The Labute approximate surface area is 82.8 Å². The molecule has 0 spiro atoms. The quantitative estimate of drug-likeness (QED) is 0.760. The van der Waals surface area contributed by atoms with E-state index in [0.717, 1.165) is 5.56 Å². The van der Waals surface area contributed by atoms with Gasteiger partial charge < -0.3 is 4.52 Å². The van der Waals surface area contributed by atoms with Crippen molar-refractivity contribution < 1.29 is 18.9 Å². The molecule has 0 aliphatic carbocycles. The molecule has 0 amide bonds. The summed E-state index contributed by atoms with van der Waals surface area (Å²) in [7, 11) is -4.45. The van der Waals surface area contributed by atoms with Crippen molar-refractivity contribution in [2.24, 2.45) is 0 Å². The molecule has 0 aromatic heterocycles. The minimum absolute atomic E-state index is 0.165. The SMILES string of the molecule is CC(C)c1ccccc1OP(=O)(O)O. The number of rotatable bonds is 3. The summed E-state index contributed by atoms with van der Waals surface area (Å²) in [4.78, 5) is 17.3. The Morgan fingerprint density at radius 3 is 2.36 bits per heavy atom. The Kier molecular flexibility index (Phi) is 3.32. The van der Waals surface area contributed by atoms with Crippen LogP contribution in [0.5, 0.6) is 5.75 Å². The highest BCUT2D eigenvalue weighted by Crippen LogP contribution is 2.40. The maximum Gasteiger partial charge on any atom is 0.524 e. The minimum Gasteiger partial charge on any atom is -0.404 e. The van der Waals surface area contributed by atoms with E-state index in [1.807, 2.05) is 19.9 Å². The number of para-hydroxylation sites is 1. The third-order valence-corrected chi connectivity index (χ3v) is 2.19. The van der Waals surface area contributed by atoms with E-state index in [1.54, 1.807) is 18.2 Å². The molecule has 0 unspecified atom stereocenters. The minimum atomic E-state index is -4.45. The van der Waals surface area contributed by atoms with Crippen LogP contribution in [0.2, 0.25) is 0 Å². The molecule has 0 fully saturated rings. The lowest BCUT2D eigenvalue weighted by atomic mass is 10.0. The van der Waals surface area contributed by atoms with Gasteiger partial charge >= 0.3 is 7.82 Å². The summed E-state index contributed by atoms with van der Waals surface area (Å²) < 4.78 is 15.2. The van der Waals surface area contributed by atoms with Crippen molar-refractivity contribution in [2.45, 2.75) is 19.8 Å². The van der Waals surface area contributed by atoms with Gasteiger partial charge in [-0.15, -0.1) is 0 Å². The lowest BCUT2D eigenvalue weighted by molar-refractivity contribution is 0.282. The lowest BCUT2D eigenvalue weighted by Gasteiger charge is -2.13. The van der Waals surface area contributed by atoms with Crippen LogP contribution in [0.15, 0.2) is 24.3 Å². The molecule has 1 aromatic carbocycles. The van der Waals surface area contributed by atoms with E-state index in [0.29, 0.717) is 0 Å². The highest BCUT2D eigenvalue weighted by molar-refractivity contribution is 7.46. The van der Waals surface area contributed by atoms with Crippen molar-refractivity contribution in [2.75, 3.05) is 0 Å². The fraction of sp³-hybridized carbons (Fsp3) is 0.333. The van der Waals surface area contributed by atoms with Crippen molar-refractivity contribution in [1.82, 2.24) is 0 Å². The third-order valence-electron chi connectivity index (χ3n) is 1.76. The van der Waals surface area contributed by atoms with Crippen LogP contribution in [0.25, 0.3) is 0 Å². The Hall–Kier alpha value is -0.830. The smallest absolute Gasteiger partial charge is 0.404 e. The van der Waals surface area contributed by atoms with Gasteiger partial charge in [-0.1, -0.05) is 32.0 Å². The van der Waals surface area contributed by atoms with Crippen LogP contribution >= 0.6 is 7.82 Å². The van der Waals surface area contributed by atoms with Crippen molar-refractivity contribution in [3.8, 4) is 5.75 Å².